The Labute approximate surface area is 302 Å². The highest BCUT2D eigenvalue weighted by Crippen LogP contribution is 2.33. The lowest BCUT2D eigenvalue weighted by Gasteiger charge is -2.27. The first-order chi connectivity index (χ1) is 24.8. The highest BCUT2D eigenvalue weighted by molar-refractivity contribution is 5.94. The van der Waals surface area contributed by atoms with Crippen molar-refractivity contribution in [2.75, 3.05) is 0 Å². The van der Waals surface area contributed by atoms with E-state index in [1.165, 1.54) is 18.2 Å². The smallest absolute Gasteiger partial charge is 0.408 e. The van der Waals surface area contributed by atoms with E-state index >= 15 is 0 Å². The summed E-state index contributed by atoms with van der Waals surface area (Å²) in [5.41, 5.74) is 1.43. The fourth-order valence-electron chi connectivity index (χ4n) is 5.72. The van der Waals surface area contributed by atoms with Crippen LogP contribution in [0.1, 0.15) is 57.2 Å². The summed E-state index contributed by atoms with van der Waals surface area (Å²) in [7, 11) is 0. The normalized spacial score (nSPS) is 18.3. The molecule has 4 atom stereocenters. The van der Waals surface area contributed by atoms with Gasteiger partial charge in [0.15, 0.2) is 0 Å². The van der Waals surface area contributed by atoms with Gasteiger partial charge in [-0.1, -0.05) is 76.2 Å². The predicted molar refractivity (Wildman–Crippen MR) is 191 cm³/mol. The largest absolute Gasteiger partial charge is 0.450 e. The number of benzene rings is 3. The highest BCUT2D eigenvalue weighted by atomic mass is 16.6. The maximum absolute atomic E-state index is 13.9. The average Bonchev–Trinajstić information content (AvgIpc) is 3.10. The van der Waals surface area contributed by atoms with E-state index in [0.29, 0.717) is 23.8 Å². The first-order valence-electron chi connectivity index (χ1n) is 17.2. The molecule has 14 nitrogen and oxygen atoms in total. The van der Waals surface area contributed by atoms with Crippen LogP contribution in [0.15, 0.2) is 72.8 Å². The van der Waals surface area contributed by atoms with E-state index in [1.807, 2.05) is 33.8 Å². The molecule has 0 spiro atoms. The minimum Gasteiger partial charge on any atom is -0.450 e. The summed E-state index contributed by atoms with van der Waals surface area (Å²) < 4.78 is 11.3. The molecule has 276 valence electrons. The van der Waals surface area contributed by atoms with Crippen LogP contribution in [0.25, 0.3) is 0 Å². The van der Waals surface area contributed by atoms with Crippen molar-refractivity contribution in [3.05, 3.63) is 99.6 Å². The lowest BCUT2D eigenvalue weighted by Crippen LogP contribution is -2.58. The van der Waals surface area contributed by atoms with E-state index in [1.54, 1.807) is 48.5 Å². The van der Waals surface area contributed by atoms with Crippen LogP contribution in [0.2, 0.25) is 0 Å². The molecule has 4 bridgehead atoms. The number of nitro groups is 1. The van der Waals surface area contributed by atoms with Gasteiger partial charge in [-0.25, -0.2) is 4.79 Å². The second-order valence-corrected chi connectivity index (χ2v) is 13.6. The Morgan fingerprint density at radius 1 is 0.942 bits per heavy atom. The van der Waals surface area contributed by atoms with Gasteiger partial charge < -0.3 is 35.5 Å². The van der Waals surface area contributed by atoms with Crippen molar-refractivity contribution in [3.63, 3.8) is 0 Å². The fraction of sp³-hybridized carbons (Fsp3) is 0.395. The van der Waals surface area contributed by atoms with Crippen LogP contribution in [0, 0.1) is 22.0 Å². The molecule has 0 fully saturated rings. The van der Waals surface area contributed by atoms with Gasteiger partial charge in [-0.15, -0.1) is 0 Å². The minimum absolute atomic E-state index is 0.0144. The number of aldehydes is 1. The molecule has 3 aromatic carbocycles. The number of hydrogen-bond donors (Lipinski definition) is 4. The van der Waals surface area contributed by atoms with Crippen molar-refractivity contribution >= 4 is 35.8 Å². The molecule has 4 N–H and O–H groups in total. The van der Waals surface area contributed by atoms with E-state index in [4.69, 9.17) is 9.47 Å². The lowest BCUT2D eigenvalue weighted by atomic mass is 9.99. The van der Waals surface area contributed by atoms with E-state index in [2.05, 4.69) is 21.3 Å². The summed E-state index contributed by atoms with van der Waals surface area (Å²) in [6.07, 6.45) is 0.192. The zero-order valence-corrected chi connectivity index (χ0v) is 29.6. The van der Waals surface area contributed by atoms with Crippen molar-refractivity contribution in [2.24, 2.45) is 11.8 Å². The Morgan fingerprint density at radius 3 is 2.27 bits per heavy atom. The summed E-state index contributed by atoms with van der Waals surface area (Å²) in [4.78, 5) is 77.6. The third-order valence-corrected chi connectivity index (χ3v) is 8.26. The van der Waals surface area contributed by atoms with E-state index < -0.39 is 52.9 Å². The number of nitrogens with one attached hydrogen (secondary N) is 4. The van der Waals surface area contributed by atoms with Crippen LogP contribution in [0.3, 0.4) is 0 Å². The first kappa shape index (κ1) is 39.0. The number of nitro benzene ring substituents is 1. The molecule has 2 aliphatic rings. The Morgan fingerprint density at radius 2 is 1.63 bits per heavy atom. The summed E-state index contributed by atoms with van der Waals surface area (Å²) in [6.45, 7) is 7.49. The molecule has 2 aliphatic heterocycles. The number of ether oxygens (including phenoxy) is 2. The van der Waals surface area contributed by atoms with Gasteiger partial charge >= 0.3 is 11.8 Å². The maximum Gasteiger partial charge on any atom is 0.408 e. The molecular weight excluding hydrogens is 670 g/mol. The molecule has 14 heteroatoms. The van der Waals surface area contributed by atoms with Crippen molar-refractivity contribution in [2.45, 2.75) is 84.2 Å². The number of nitrogens with zero attached hydrogens (tertiary/aromatic N) is 1. The third-order valence-electron chi connectivity index (χ3n) is 8.26. The molecule has 0 saturated carbocycles. The van der Waals surface area contributed by atoms with Crippen LogP contribution >= 0.6 is 0 Å². The van der Waals surface area contributed by atoms with Gasteiger partial charge in [0.25, 0.3) is 0 Å². The Hall–Kier alpha value is -5.79. The number of amides is 4. The molecule has 0 radical (unpaired) electrons. The standard InChI is InChI=1S/C38H45N5O9/c1-23(2)16-28(21-44)39-35(45)31-18-25-10-13-29(14-11-25)52-34-20-27(12-15-33(34)43(49)50)19-32(37(47)40-30(17-24(3)4)36(46)41-31)42-38(48)51-22-26-8-6-5-7-9-26/h5-15,20-21,23-24,28,30-32H,16-19,22H2,1-4H3,(H,39,45)(H,40,47)(H,41,46)(H,42,48)/t28-,30-,31-,32-/m0/s1. The van der Waals surface area contributed by atoms with Crippen molar-refractivity contribution in [3.8, 4) is 11.5 Å². The number of alkyl carbamates (subject to hydrolysis) is 1. The van der Waals surface area contributed by atoms with E-state index in [0.717, 1.165) is 5.56 Å². The van der Waals surface area contributed by atoms with Gasteiger partial charge in [0.05, 0.1) is 11.0 Å². The molecule has 3 aromatic rings. The summed E-state index contributed by atoms with van der Waals surface area (Å²) in [5, 5.41) is 22.7. The zero-order valence-electron chi connectivity index (χ0n) is 29.6. The molecule has 4 amide bonds. The molecule has 0 saturated heterocycles. The molecule has 2 heterocycles. The SMILES string of the molecule is CC(C)C[C@@H](C=O)NC(=O)[C@@H]1Cc2ccc(cc2)Oc2cc(ccc2[N+](=O)[O-])C[C@H](NC(=O)OCc2ccccc2)C(=O)N[C@@H](CC(C)C)C(=O)N1. The number of fused-ring (bicyclic) bond motifs is 10. The van der Waals surface area contributed by atoms with Crippen molar-refractivity contribution < 1.29 is 38.4 Å². The Kier molecular flexibility index (Phi) is 13.8. The number of carbonyl (C=O) groups is 5. The van der Waals surface area contributed by atoms with Gasteiger partial charge in [-0.3, -0.25) is 24.5 Å². The van der Waals surface area contributed by atoms with E-state index in [-0.39, 0.29) is 54.9 Å². The van der Waals surface area contributed by atoms with Crippen LogP contribution in [-0.4, -0.2) is 59.2 Å². The maximum atomic E-state index is 13.9. The minimum atomic E-state index is -1.29. The lowest BCUT2D eigenvalue weighted by molar-refractivity contribution is -0.385. The molecule has 0 unspecified atom stereocenters. The fourth-order valence-corrected chi connectivity index (χ4v) is 5.72. The van der Waals surface area contributed by atoms with Crippen LogP contribution in [0.5, 0.6) is 11.5 Å². The summed E-state index contributed by atoms with van der Waals surface area (Å²) in [5.74, 6) is -1.77. The Bertz CT molecular complexity index is 1730. The molecule has 5 rings (SSSR count). The quantitative estimate of drug-likeness (QED) is 0.125. The van der Waals surface area contributed by atoms with E-state index in [9.17, 15) is 34.1 Å². The highest BCUT2D eigenvalue weighted by Gasteiger charge is 2.32. The predicted octanol–water partition coefficient (Wildman–Crippen LogP) is 4.53. The second-order valence-electron chi connectivity index (χ2n) is 13.6. The van der Waals surface area contributed by atoms with Crippen LogP contribution in [-0.2, 0) is 43.4 Å². The molecule has 0 aliphatic carbocycles. The topological polar surface area (TPSA) is 195 Å². The van der Waals surface area contributed by atoms with Crippen LogP contribution in [0.4, 0.5) is 10.5 Å². The summed E-state index contributed by atoms with van der Waals surface area (Å²) >= 11 is 0. The first-order valence-corrected chi connectivity index (χ1v) is 17.2. The van der Waals surface area contributed by atoms with Crippen LogP contribution < -0.4 is 26.0 Å². The van der Waals surface area contributed by atoms with Gasteiger partial charge in [-0.2, -0.15) is 0 Å². The summed E-state index contributed by atoms with van der Waals surface area (Å²) in [6, 6.07) is 15.2. The monoisotopic (exact) mass is 715 g/mol. The zero-order chi connectivity index (χ0) is 37.8. The molecule has 0 aromatic heterocycles. The van der Waals surface area contributed by atoms with Gasteiger partial charge in [0.1, 0.15) is 36.8 Å². The van der Waals surface area contributed by atoms with Crippen molar-refractivity contribution in [1.82, 2.24) is 21.3 Å². The number of carbonyl (C=O) groups excluding carboxylic acids is 5. The Balaban J connectivity index is 1.72. The van der Waals surface area contributed by atoms with Gasteiger partial charge in [0.2, 0.25) is 23.5 Å². The number of rotatable bonds is 11. The molecular formula is C38H45N5O9. The third kappa shape index (κ3) is 11.6. The second kappa shape index (κ2) is 18.4. The van der Waals surface area contributed by atoms with Gasteiger partial charge in [-0.05, 0) is 59.6 Å². The number of hydrogen-bond acceptors (Lipinski definition) is 9. The average molecular weight is 716 g/mol. The molecule has 52 heavy (non-hydrogen) atoms. The van der Waals surface area contributed by atoms with Crippen molar-refractivity contribution in [1.29, 1.82) is 0 Å². The van der Waals surface area contributed by atoms with Gasteiger partial charge in [0, 0.05) is 18.9 Å².